The van der Waals surface area contributed by atoms with Crippen LogP contribution in [0.25, 0.3) is 0 Å². The van der Waals surface area contributed by atoms with Gasteiger partial charge in [-0.25, -0.2) is 0 Å². The van der Waals surface area contributed by atoms with E-state index in [0.29, 0.717) is 18.8 Å². The molecule has 2 aliphatic rings. The summed E-state index contributed by atoms with van der Waals surface area (Å²) in [6.45, 7) is 2.73. The van der Waals surface area contributed by atoms with Crippen LogP contribution in [0.5, 0.6) is 0 Å². The van der Waals surface area contributed by atoms with Crippen molar-refractivity contribution in [2.45, 2.75) is 50.9 Å². The summed E-state index contributed by atoms with van der Waals surface area (Å²) in [5, 5.41) is 7.93. The Labute approximate surface area is 102 Å². The number of hydrogen-bond donors (Lipinski definition) is 1. The quantitative estimate of drug-likeness (QED) is 0.866. The van der Waals surface area contributed by atoms with E-state index in [4.69, 9.17) is 4.74 Å². The molecule has 2 heterocycles. The molecule has 1 aliphatic heterocycles. The van der Waals surface area contributed by atoms with Crippen molar-refractivity contribution in [2.24, 2.45) is 0 Å². The number of ether oxygens (including phenoxy) is 1. The topological polar surface area (TPSA) is 39.1 Å². The Balaban J connectivity index is 1.52. The molecule has 1 atom stereocenters. The molecule has 2 fully saturated rings. The highest BCUT2D eigenvalue weighted by atomic mass is 16.5. The Morgan fingerprint density at radius 2 is 2.24 bits per heavy atom. The van der Waals surface area contributed by atoms with Crippen LogP contribution >= 0.6 is 0 Å². The third-order valence-electron chi connectivity index (χ3n) is 3.84. The van der Waals surface area contributed by atoms with Crippen molar-refractivity contribution in [1.82, 2.24) is 15.1 Å². The smallest absolute Gasteiger partial charge is 0.0910 e. The zero-order valence-corrected chi connectivity index (χ0v) is 10.3. The molecule has 3 rings (SSSR count). The van der Waals surface area contributed by atoms with Crippen molar-refractivity contribution >= 4 is 0 Å². The number of nitrogens with one attached hydrogen (secondary N) is 1. The molecule has 0 aromatic carbocycles. The summed E-state index contributed by atoms with van der Waals surface area (Å²) < 4.78 is 7.96. The largest absolute Gasteiger partial charge is 0.370 e. The van der Waals surface area contributed by atoms with E-state index in [2.05, 4.69) is 27.4 Å². The summed E-state index contributed by atoms with van der Waals surface area (Å²) in [7, 11) is 0. The fourth-order valence-electron chi connectivity index (χ4n) is 2.80. The van der Waals surface area contributed by atoms with Gasteiger partial charge >= 0.3 is 0 Å². The molecule has 1 saturated carbocycles. The van der Waals surface area contributed by atoms with E-state index < -0.39 is 0 Å². The molecule has 0 spiro atoms. The van der Waals surface area contributed by atoms with Crippen molar-refractivity contribution in [2.75, 3.05) is 13.1 Å². The molecule has 1 aromatic heterocycles. The predicted octanol–water partition coefficient (Wildman–Crippen LogP) is 1.88. The summed E-state index contributed by atoms with van der Waals surface area (Å²) in [4.78, 5) is 0. The molecule has 1 N–H and O–H groups in total. The first kappa shape index (κ1) is 11.2. The van der Waals surface area contributed by atoms with Crippen LogP contribution in [0.1, 0.15) is 43.8 Å². The summed E-state index contributed by atoms with van der Waals surface area (Å²) in [5.74, 6) is 0. The van der Waals surface area contributed by atoms with Crippen LogP contribution in [0.4, 0.5) is 0 Å². The highest BCUT2D eigenvalue weighted by Gasteiger charge is 2.18. The molecule has 0 amide bonds. The van der Waals surface area contributed by atoms with Crippen LogP contribution in [-0.2, 0) is 11.3 Å². The minimum atomic E-state index is 0.381. The maximum Gasteiger partial charge on any atom is 0.0910 e. The van der Waals surface area contributed by atoms with Crippen molar-refractivity contribution in [1.29, 1.82) is 0 Å². The standard InChI is InChI=1S/C13H21N3O/c1-2-4-12(3-1)16-8-6-11(15-16)10-17-13-5-7-14-9-13/h6,8,12-14H,1-5,7,9-10H2. The molecule has 94 valence electrons. The van der Waals surface area contributed by atoms with Crippen molar-refractivity contribution in [3.05, 3.63) is 18.0 Å². The normalized spacial score (nSPS) is 25.8. The van der Waals surface area contributed by atoms with Gasteiger partial charge in [0.2, 0.25) is 0 Å². The van der Waals surface area contributed by atoms with E-state index in [1.165, 1.54) is 25.7 Å². The van der Waals surface area contributed by atoms with Crippen LogP contribution in [0, 0.1) is 0 Å². The molecule has 4 heteroatoms. The maximum absolute atomic E-state index is 5.83. The monoisotopic (exact) mass is 235 g/mol. The van der Waals surface area contributed by atoms with Crippen LogP contribution < -0.4 is 5.32 Å². The van der Waals surface area contributed by atoms with Crippen molar-refractivity contribution < 1.29 is 4.74 Å². The predicted molar refractivity (Wildman–Crippen MR) is 65.8 cm³/mol. The van der Waals surface area contributed by atoms with Crippen molar-refractivity contribution in [3.63, 3.8) is 0 Å². The van der Waals surface area contributed by atoms with Crippen molar-refractivity contribution in [3.8, 4) is 0 Å². The second-order valence-electron chi connectivity index (χ2n) is 5.15. The molecule has 17 heavy (non-hydrogen) atoms. The summed E-state index contributed by atoms with van der Waals surface area (Å²) >= 11 is 0. The molecule has 1 aromatic rings. The van der Waals surface area contributed by atoms with Gasteiger partial charge < -0.3 is 10.1 Å². The second kappa shape index (κ2) is 5.19. The number of nitrogens with zero attached hydrogens (tertiary/aromatic N) is 2. The molecule has 0 bridgehead atoms. The lowest BCUT2D eigenvalue weighted by Gasteiger charge is -2.10. The highest BCUT2D eigenvalue weighted by Crippen LogP contribution is 2.28. The minimum Gasteiger partial charge on any atom is -0.370 e. The van der Waals surface area contributed by atoms with Crippen LogP contribution in [0.15, 0.2) is 12.3 Å². The molecule has 0 radical (unpaired) electrons. The Kier molecular flexibility index (Phi) is 3.43. The third-order valence-corrected chi connectivity index (χ3v) is 3.84. The van der Waals surface area contributed by atoms with Gasteiger partial charge in [0.05, 0.1) is 24.4 Å². The van der Waals surface area contributed by atoms with Gasteiger partial charge in [0.1, 0.15) is 0 Å². The van der Waals surface area contributed by atoms with Crippen LogP contribution in [-0.4, -0.2) is 29.0 Å². The van der Waals surface area contributed by atoms with Gasteiger partial charge in [-0.1, -0.05) is 12.8 Å². The van der Waals surface area contributed by atoms with Crippen LogP contribution in [0.3, 0.4) is 0 Å². The maximum atomic E-state index is 5.83. The molecule has 4 nitrogen and oxygen atoms in total. The third kappa shape index (κ3) is 2.69. The average Bonchev–Trinajstić information content (AvgIpc) is 3.09. The SMILES string of the molecule is c1cn(C2CCCC2)nc1COC1CCNC1. The van der Waals surface area contributed by atoms with Gasteiger partial charge in [0.25, 0.3) is 0 Å². The van der Waals surface area contributed by atoms with E-state index in [1.807, 2.05) is 0 Å². The highest BCUT2D eigenvalue weighted by molar-refractivity contribution is 4.99. The van der Waals surface area contributed by atoms with E-state index in [1.54, 1.807) is 0 Å². The van der Waals surface area contributed by atoms with Gasteiger partial charge in [-0.3, -0.25) is 4.68 Å². The average molecular weight is 235 g/mol. The summed E-state index contributed by atoms with van der Waals surface area (Å²) in [6.07, 6.45) is 8.90. The molecular weight excluding hydrogens is 214 g/mol. The summed E-state index contributed by atoms with van der Waals surface area (Å²) in [6, 6.07) is 2.73. The van der Waals surface area contributed by atoms with Gasteiger partial charge in [0.15, 0.2) is 0 Å². The zero-order chi connectivity index (χ0) is 11.5. The van der Waals surface area contributed by atoms with Gasteiger partial charge in [-0.05, 0) is 31.9 Å². The first-order chi connectivity index (χ1) is 8.42. The van der Waals surface area contributed by atoms with E-state index in [0.717, 1.165) is 25.2 Å². The Bertz CT molecular complexity index is 351. The Morgan fingerprint density at radius 1 is 1.35 bits per heavy atom. The fourth-order valence-corrected chi connectivity index (χ4v) is 2.80. The Morgan fingerprint density at radius 3 is 3.00 bits per heavy atom. The van der Waals surface area contributed by atoms with E-state index in [9.17, 15) is 0 Å². The van der Waals surface area contributed by atoms with Gasteiger partial charge in [-0.2, -0.15) is 5.10 Å². The number of rotatable bonds is 4. The Hall–Kier alpha value is -0.870. The zero-order valence-electron chi connectivity index (χ0n) is 10.3. The fraction of sp³-hybridized carbons (Fsp3) is 0.769. The minimum absolute atomic E-state index is 0.381. The second-order valence-corrected chi connectivity index (χ2v) is 5.15. The first-order valence-corrected chi connectivity index (χ1v) is 6.78. The van der Waals surface area contributed by atoms with Crippen LogP contribution in [0.2, 0.25) is 0 Å². The number of aromatic nitrogens is 2. The molecule has 1 aliphatic carbocycles. The van der Waals surface area contributed by atoms with Gasteiger partial charge in [0, 0.05) is 12.7 Å². The summed E-state index contributed by atoms with van der Waals surface area (Å²) in [5.41, 5.74) is 1.07. The molecular formula is C13H21N3O. The lowest BCUT2D eigenvalue weighted by molar-refractivity contribution is 0.0518. The van der Waals surface area contributed by atoms with E-state index in [-0.39, 0.29) is 0 Å². The van der Waals surface area contributed by atoms with Gasteiger partial charge in [-0.15, -0.1) is 0 Å². The van der Waals surface area contributed by atoms with E-state index >= 15 is 0 Å². The lowest BCUT2D eigenvalue weighted by atomic mass is 10.3. The molecule has 1 saturated heterocycles. The number of hydrogen-bond acceptors (Lipinski definition) is 3. The first-order valence-electron chi connectivity index (χ1n) is 6.78. The lowest BCUT2D eigenvalue weighted by Crippen LogP contribution is -2.16. The molecule has 1 unspecified atom stereocenters.